The number of rotatable bonds is 6. The zero-order valence-electron chi connectivity index (χ0n) is 17.0. The number of nitrogens with zero attached hydrogens (tertiary/aromatic N) is 4. The number of halogens is 4. The SMILES string of the molecule is Cc1cc(=O)c(C(=O)N(Cc2ccccc2[N+](=O)[O-])CC(F)(F)F)nn1-c1ccccc1F. The lowest BCUT2D eigenvalue weighted by molar-refractivity contribution is -0.385. The van der Waals surface area contributed by atoms with Crippen LogP contribution in [0.25, 0.3) is 5.69 Å². The summed E-state index contributed by atoms with van der Waals surface area (Å²) in [7, 11) is 0. The van der Waals surface area contributed by atoms with Gasteiger partial charge in [-0.25, -0.2) is 9.07 Å². The standard InChI is InChI=1S/C21H16F4N4O4/c1-13-10-18(30)19(26-28(13)17-9-5-3-7-15(17)22)20(31)27(12-21(23,24)25)11-14-6-2-4-8-16(14)29(32)33/h2-10H,11-12H2,1H3. The van der Waals surface area contributed by atoms with Crippen LogP contribution in [-0.4, -0.2) is 38.2 Å². The number of carbonyl (C=O) groups is 1. The number of aromatic nitrogens is 2. The Morgan fingerprint density at radius 3 is 2.42 bits per heavy atom. The minimum absolute atomic E-state index is 0.120. The van der Waals surface area contributed by atoms with Crippen molar-refractivity contribution in [1.29, 1.82) is 0 Å². The van der Waals surface area contributed by atoms with E-state index >= 15 is 0 Å². The average Bonchev–Trinajstić information content (AvgIpc) is 2.73. The van der Waals surface area contributed by atoms with Crippen LogP contribution >= 0.6 is 0 Å². The van der Waals surface area contributed by atoms with Crippen LogP contribution in [0.4, 0.5) is 23.2 Å². The van der Waals surface area contributed by atoms with Crippen LogP contribution < -0.4 is 5.43 Å². The Labute approximate surface area is 183 Å². The lowest BCUT2D eigenvalue weighted by atomic mass is 10.1. The van der Waals surface area contributed by atoms with Crippen molar-refractivity contribution in [2.75, 3.05) is 6.54 Å². The Balaban J connectivity index is 2.09. The number of aryl methyl sites for hydroxylation is 1. The van der Waals surface area contributed by atoms with E-state index in [0.29, 0.717) is 0 Å². The van der Waals surface area contributed by atoms with Crippen LogP contribution in [0, 0.1) is 22.9 Å². The Bertz CT molecular complexity index is 1270. The third-order valence-corrected chi connectivity index (χ3v) is 4.60. The molecule has 172 valence electrons. The predicted octanol–water partition coefficient (Wildman–Crippen LogP) is 3.79. The van der Waals surface area contributed by atoms with Crippen molar-refractivity contribution in [2.24, 2.45) is 0 Å². The topological polar surface area (TPSA) is 98.3 Å². The second-order valence-electron chi connectivity index (χ2n) is 7.02. The second kappa shape index (κ2) is 9.18. The van der Waals surface area contributed by atoms with E-state index < -0.39 is 52.7 Å². The van der Waals surface area contributed by atoms with Crippen LogP contribution in [0.2, 0.25) is 0 Å². The molecule has 0 saturated heterocycles. The molecule has 0 unspecified atom stereocenters. The highest BCUT2D eigenvalue weighted by atomic mass is 19.4. The maximum atomic E-state index is 14.2. The number of hydrogen-bond acceptors (Lipinski definition) is 5. The number of nitro benzene ring substituents is 1. The molecule has 1 aromatic heterocycles. The van der Waals surface area contributed by atoms with Gasteiger partial charge in [-0.2, -0.15) is 18.3 Å². The lowest BCUT2D eigenvalue weighted by Gasteiger charge is -2.24. The molecule has 3 rings (SSSR count). The van der Waals surface area contributed by atoms with E-state index in [0.717, 1.165) is 22.9 Å². The van der Waals surface area contributed by atoms with Crippen LogP contribution in [-0.2, 0) is 6.54 Å². The molecule has 0 N–H and O–H groups in total. The summed E-state index contributed by atoms with van der Waals surface area (Å²) >= 11 is 0. The molecule has 0 saturated carbocycles. The fourth-order valence-electron chi connectivity index (χ4n) is 3.16. The van der Waals surface area contributed by atoms with Crippen molar-refractivity contribution < 1.29 is 27.3 Å². The molecule has 0 aliphatic rings. The molecular weight excluding hydrogens is 448 g/mol. The van der Waals surface area contributed by atoms with E-state index in [4.69, 9.17) is 0 Å². The lowest BCUT2D eigenvalue weighted by Crippen LogP contribution is -2.41. The summed E-state index contributed by atoms with van der Waals surface area (Å²) < 4.78 is 54.8. The highest BCUT2D eigenvalue weighted by Crippen LogP contribution is 2.24. The van der Waals surface area contributed by atoms with Crippen LogP contribution in [0.3, 0.4) is 0 Å². The maximum Gasteiger partial charge on any atom is 0.406 e. The summed E-state index contributed by atoms with van der Waals surface area (Å²) in [5, 5.41) is 15.1. The van der Waals surface area contributed by atoms with E-state index in [-0.39, 0.29) is 21.8 Å². The molecule has 0 bridgehead atoms. The Kier molecular flexibility index (Phi) is 6.56. The van der Waals surface area contributed by atoms with Gasteiger partial charge >= 0.3 is 6.18 Å². The number of nitro groups is 1. The quantitative estimate of drug-likeness (QED) is 0.314. The first-order chi connectivity index (χ1) is 15.5. The summed E-state index contributed by atoms with van der Waals surface area (Å²) in [5.74, 6) is -2.14. The van der Waals surface area contributed by atoms with Gasteiger partial charge in [-0.05, 0) is 19.1 Å². The third-order valence-electron chi connectivity index (χ3n) is 4.60. The average molecular weight is 464 g/mol. The molecule has 33 heavy (non-hydrogen) atoms. The normalized spacial score (nSPS) is 11.3. The molecular formula is C21H16F4N4O4. The second-order valence-corrected chi connectivity index (χ2v) is 7.02. The Hall–Kier alpha value is -4.09. The van der Waals surface area contributed by atoms with Gasteiger partial charge < -0.3 is 4.90 Å². The summed E-state index contributed by atoms with van der Waals surface area (Å²) in [4.78, 5) is 36.1. The maximum absolute atomic E-state index is 14.2. The number of alkyl halides is 3. The highest BCUT2D eigenvalue weighted by Gasteiger charge is 2.35. The molecule has 0 radical (unpaired) electrons. The summed E-state index contributed by atoms with van der Waals surface area (Å²) in [6.45, 7) is -1.17. The van der Waals surface area contributed by atoms with Gasteiger partial charge in [0.2, 0.25) is 5.43 Å². The van der Waals surface area contributed by atoms with Crippen LogP contribution in [0.1, 0.15) is 21.7 Å². The Morgan fingerprint density at radius 1 is 1.15 bits per heavy atom. The van der Waals surface area contributed by atoms with Crippen LogP contribution in [0.15, 0.2) is 59.4 Å². The Morgan fingerprint density at radius 2 is 1.79 bits per heavy atom. The fourth-order valence-corrected chi connectivity index (χ4v) is 3.16. The van der Waals surface area contributed by atoms with Gasteiger partial charge in [-0.15, -0.1) is 0 Å². The minimum Gasteiger partial charge on any atom is -0.323 e. The molecule has 0 spiro atoms. The number of hydrogen-bond donors (Lipinski definition) is 0. The third kappa shape index (κ3) is 5.40. The molecule has 0 aliphatic carbocycles. The van der Waals surface area contributed by atoms with Gasteiger partial charge in [-0.1, -0.05) is 30.3 Å². The number of benzene rings is 2. The molecule has 8 nitrogen and oxygen atoms in total. The van der Waals surface area contributed by atoms with Gasteiger partial charge in [0.25, 0.3) is 11.6 Å². The largest absolute Gasteiger partial charge is 0.406 e. The summed E-state index contributed by atoms with van der Waals surface area (Å²) in [5.41, 5.74) is -2.49. The van der Waals surface area contributed by atoms with Gasteiger partial charge in [-0.3, -0.25) is 19.7 Å². The monoisotopic (exact) mass is 464 g/mol. The van der Waals surface area contributed by atoms with E-state index in [1.165, 1.54) is 43.3 Å². The fraction of sp³-hybridized carbons (Fsp3) is 0.190. The van der Waals surface area contributed by atoms with Crippen molar-refractivity contribution in [3.63, 3.8) is 0 Å². The molecule has 1 amide bonds. The number of amides is 1. The first kappa shape index (κ1) is 23.6. The highest BCUT2D eigenvalue weighted by molar-refractivity contribution is 5.92. The molecule has 1 heterocycles. The summed E-state index contributed by atoms with van der Waals surface area (Å²) in [6.07, 6.45) is -4.87. The molecule has 0 aliphatic heterocycles. The predicted molar refractivity (Wildman–Crippen MR) is 108 cm³/mol. The molecule has 0 fully saturated rings. The van der Waals surface area contributed by atoms with Crippen molar-refractivity contribution >= 4 is 11.6 Å². The van der Waals surface area contributed by atoms with Crippen molar-refractivity contribution in [2.45, 2.75) is 19.6 Å². The van der Waals surface area contributed by atoms with E-state index in [1.807, 2.05) is 0 Å². The minimum atomic E-state index is -4.87. The van der Waals surface area contributed by atoms with Crippen molar-refractivity contribution in [3.05, 3.63) is 97.7 Å². The van der Waals surface area contributed by atoms with E-state index in [1.54, 1.807) is 0 Å². The van der Waals surface area contributed by atoms with E-state index in [9.17, 15) is 37.3 Å². The molecule has 3 aromatic rings. The van der Waals surface area contributed by atoms with E-state index in [2.05, 4.69) is 5.10 Å². The van der Waals surface area contributed by atoms with Gasteiger partial charge in [0.1, 0.15) is 18.0 Å². The number of para-hydroxylation sites is 2. The van der Waals surface area contributed by atoms with Crippen molar-refractivity contribution in [3.8, 4) is 5.69 Å². The molecule has 2 aromatic carbocycles. The van der Waals surface area contributed by atoms with Gasteiger partial charge in [0, 0.05) is 23.4 Å². The first-order valence-corrected chi connectivity index (χ1v) is 9.42. The van der Waals surface area contributed by atoms with Gasteiger partial charge in [0.15, 0.2) is 5.69 Å². The molecule has 0 atom stereocenters. The first-order valence-electron chi connectivity index (χ1n) is 9.42. The van der Waals surface area contributed by atoms with Crippen LogP contribution in [0.5, 0.6) is 0 Å². The smallest absolute Gasteiger partial charge is 0.323 e. The number of carbonyl (C=O) groups excluding carboxylic acids is 1. The zero-order valence-corrected chi connectivity index (χ0v) is 17.0. The molecule has 12 heteroatoms. The zero-order chi connectivity index (χ0) is 24.3. The van der Waals surface area contributed by atoms with Gasteiger partial charge in [0.05, 0.1) is 11.5 Å². The van der Waals surface area contributed by atoms with Crippen molar-refractivity contribution in [1.82, 2.24) is 14.7 Å². The summed E-state index contributed by atoms with van der Waals surface area (Å²) in [6, 6.07) is 11.2.